The van der Waals surface area contributed by atoms with E-state index in [2.05, 4.69) is 46.4 Å². The van der Waals surface area contributed by atoms with Gasteiger partial charge in [-0.15, -0.1) is 0 Å². The summed E-state index contributed by atoms with van der Waals surface area (Å²) >= 11 is 0. The number of likely N-dealkylation sites (tertiary alicyclic amines) is 1. The molecule has 8 nitrogen and oxygen atoms in total. The number of aliphatic carboxylic acids is 1. The number of nitrogens with zero attached hydrogens (tertiary/aromatic N) is 1. The molecular formula is C42H66N2O6. The maximum atomic E-state index is 13.9. The number of carboxylic acid groups (broad SMARTS) is 1. The molecule has 0 aromatic carbocycles. The number of allylic oxidation sites excluding steroid dienone is 2. The van der Waals surface area contributed by atoms with Crippen molar-refractivity contribution in [2.75, 3.05) is 19.6 Å². The number of hydrogen-bond acceptors (Lipinski definition) is 6. The molecule has 6 aliphatic rings. The highest BCUT2D eigenvalue weighted by atomic mass is 16.5. The number of carboxylic acids is 1. The van der Waals surface area contributed by atoms with Gasteiger partial charge in [0.25, 0.3) is 0 Å². The number of hydrogen-bond donors (Lipinski definition) is 2. The molecule has 0 aromatic heterocycles. The van der Waals surface area contributed by atoms with Gasteiger partial charge in [-0.3, -0.25) is 19.2 Å². The Kier molecular flexibility index (Phi) is 9.77. The Balaban J connectivity index is 1.21. The summed E-state index contributed by atoms with van der Waals surface area (Å²) in [6.45, 7) is 20.2. The van der Waals surface area contributed by atoms with Crippen LogP contribution in [0.2, 0.25) is 0 Å². The number of nitrogens with two attached hydrogens (primary N) is 1. The monoisotopic (exact) mass is 694 g/mol. The molecule has 5 aliphatic carbocycles. The van der Waals surface area contributed by atoms with E-state index >= 15 is 0 Å². The van der Waals surface area contributed by atoms with Crippen LogP contribution in [0.3, 0.4) is 0 Å². The normalized spacial score (nSPS) is 39.0. The summed E-state index contributed by atoms with van der Waals surface area (Å²) in [6.07, 6.45) is 11.8. The molecule has 50 heavy (non-hydrogen) atoms. The maximum Gasteiger partial charge on any atom is 0.309 e. The third kappa shape index (κ3) is 6.09. The van der Waals surface area contributed by atoms with Crippen LogP contribution in [0.1, 0.15) is 139 Å². The number of rotatable bonds is 9. The Hall–Kier alpha value is -2.22. The number of ether oxygens (including phenoxy) is 1. The van der Waals surface area contributed by atoms with Gasteiger partial charge < -0.3 is 20.5 Å². The highest BCUT2D eigenvalue weighted by molar-refractivity contribution is 6.00. The van der Waals surface area contributed by atoms with Crippen molar-refractivity contribution in [3.05, 3.63) is 11.1 Å². The molecule has 1 aliphatic heterocycles. The third-order valence-corrected chi connectivity index (χ3v) is 16.0. The van der Waals surface area contributed by atoms with Crippen LogP contribution in [0.15, 0.2) is 11.1 Å². The van der Waals surface area contributed by atoms with Crippen LogP contribution in [0.4, 0.5) is 0 Å². The van der Waals surface area contributed by atoms with Gasteiger partial charge >= 0.3 is 11.9 Å². The molecule has 8 unspecified atom stereocenters. The lowest BCUT2D eigenvalue weighted by Crippen LogP contribution is -2.63. The van der Waals surface area contributed by atoms with Crippen LogP contribution in [0.5, 0.6) is 0 Å². The summed E-state index contributed by atoms with van der Waals surface area (Å²) in [4.78, 5) is 53.0. The zero-order valence-electron chi connectivity index (χ0n) is 32.4. The van der Waals surface area contributed by atoms with Gasteiger partial charge in [0.15, 0.2) is 5.78 Å². The second kappa shape index (κ2) is 13.0. The standard InChI is InChI=1S/C42H66N2O6/c1-25(2)34-29(45)23-42(19-22-44-20-14-26(15-21-44)36(43)47)18-11-28-27(35(34)42)9-10-31-40(28,7)16-12-30-39(5,6)32(13-17-41(30,31)8)50-33(46)24-38(3,4)37(48)49/h25-28,30-32H,9-24H2,1-8H3,(H2,43,47)(H,48,49). The van der Waals surface area contributed by atoms with Crippen molar-refractivity contribution in [1.29, 1.82) is 0 Å². The van der Waals surface area contributed by atoms with E-state index in [-0.39, 0.29) is 51.9 Å². The van der Waals surface area contributed by atoms with E-state index in [1.807, 2.05) is 0 Å². The van der Waals surface area contributed by atoms with Crippen molar-refractivity contribution in [3.63, 3.8) is 0 Å². The van der Waals surface area contributed by atoms with E-state index in [1.165, 1.54) is 12.8 Å². The topological polar surface area (TPSA) is 127 Å². The lowest BCUT2D eigenvalue weighted by Gasteiger charge is -2.69. The average Bonchev–Trinajstić information content (AvgIpc) is 3.33. The number of ketones is 1. The molecule has 0 spiro atoms. The first-order valence-electron chi connectivity index (χ1n) is 20.0. The number of primary amides is 1. The van der Waals surface area contributed by atoms with E-state index in [4.69, 9.17) is 10.5 Å². The summed E-state index contributed by atoms with van der Waals surface area (Å²) in [5, 5.41) is 9.58. The van der Waals surface area contributed by atoms with Crippen molar-refractivity contribution in [2.24, 2.45) is 68.3 Å². The molecule has 8 atom stereocenters. The fourth-order valence-electron chi connectivity index (χ4n) is 13.4. The van der Waals surface area contributed by atoms with E-state index in [1.54, 1.807) is 19.4 Å². The maximum absolute atomic E-state index is 13.9. The van der Waals surface area contributed by atoms with Gasteiger partial charge in [-0.2, -0.15) is 0 Å². The van der Waals surface area contributed by atoms with E-state index < -0.39 is 17.4 Å². The first-order valence-corrected chi connectivity index (χ1v) is 20.0. The Morgan fingerprint density at radius 2 is 1.58 bits per heavy atom. The Bertz CT molecular complexity index is 1420. The number of carbonyl (C=O) groups is 4. The lowest BCUT2D eigenvalue weighted by molar-refractivity contribution is -0.214. The highest BCUT2D eigenvalue weighted by Gasteiger charge is 2.66. The number of carbonyl (C=O) groups excluding carboxylic acids is 3. The second-order valence-corrected chi connectivity index (χ2v) is 19.8. The van der Waals surface area contributed by atoms with E-state index in [9.17, 15) is 24.3 Å². The summed E-state index contributed by atoms with van der Waals surface area (Å²) in [6, 6.07) is 0. The number of fused-ring (bicyclic) bond motifs is 7. The molecule has 6 rings (SSSR count). The van der Waals surface area contributed by atoms with Crippen LogP contribution in [0.25, 0.3) is 0 Å². The molecule has 1 amide bonds. The highest BCUT2D eigenvalue weighted by Crippen LogP contribution is 2.73. The zero-order valence-corrected chi connectivity index (χ0v) is 32.4. The van der Waals surface area contributed by atoms with Crippen LogP contribution >= 0.6 is 0 Å². The minimum absolute atomic E-state index is 0.00402. The first-order chi connectivity index (χ1) is 23.3. The molecular weight excluding hydrogens is 628 g/mol. The van der Waals surface area contributed by atoms with Crippen molar-refractivity contribution in [3.8, 4) is 0 Å². The predicted octanol–water partition coefficient (Wildman–Crippen LogP) is 7.58. The summed E-state index contributed by atoms with van der Waals surface area (Å²) in [7, 11) is 0. The number of amides is 1. The van der Waals surface area contributed by atoms with Crippen molar-refractivity contribution < 1.29 is 29.0 Å². The van der Waals surface area contributed by atoms with Crippen molar-refractivity contribution >= 4 is 23.6 Å². The Labute approximate surface area is 301 Å². The van der Waals surface area contributed by atoms with Gasteiger partial charge in [0, 0.05) is 23.2 Å². The Morgan fingerprint density at radius 3 is 2.20 bits per heavy atom. The first kappa shape index (κ1) is 37.5. The van der Waals surface area contributed by atoms with Gasteiger partial charge in [0.2, 0.25) is 5.91 Å². The van der Waals surface area contributed by atoms with E-state index in [0.29, 0.717) is 35.9 Å². The quantitative estimate of drug-likeness (QED) is 0.238. The molecule has 0 bridgehead atoms. The van der Waals surface area contributed by atoms with Gasteiger partial charge in [-0.1, -0.05) is 47.1 Å². The van der Waals surface area contributed by atoms with Crippen molar-refractivity contribution in [2.45, 2.75) is 145 Å². The predicted molar refractivity (Wildman–Crippen MR) is 194 cm³/mol. The number of piperidine rings is 1. The smallest absolute Gasteiger partial charge is 0.309 e. The third-order valence-electron chi connectivity index (χ3n) is 16.0. The SMILES string of the molecule is CC(C)C1=C2C3CCC4C(C)(CCC5C(C)(C)C(OC(=O)CC(C)(C)C(=O)O)CCC54C)C3CCC2(CCN2CCC(C(N)=O)CC2)CC1=O. The number of esters is 1. The van der Waals surface area contributed by atoms with Gasteiger partial charge in [-0.25, -0.2) is 0 Å². The van der Waals surface area contributed by atoms with E-state index in [0.717, 1.165) is 83.0 Å². The zero-order chi connectivity index (χ0) is 36.6. The molecule has 0 aromatic rings. The van der Waals surface area contributed by atoms with Crippen LogP contribution in [0, 0.1) is 62.6 Å². The molecule has 280 valence electrons. The fraction of sp³-hybridized carbons (Fsp3) is 0.857. The van der Waals surface area contributed by atoms with Gasteiger partial charge in [-0.05, 0) is 150 Å². The summed E-state index contributed by atoms with van der Waals surface area (Å²) < 4.78 is 6.15. The Morgan fingerprint density at radius 1 is 0.920 bits per heavy atom. The molecule has 3 N–H and O–H groups in total. The summed E-state index contributed by atoms with van der Waals surface area (Å²) in [5.41, 5.74) is 7.29. The molecule has 4 saturated carbocycles. The number of Topliss-reactive ketones (excluding diaryl/α,β-unsaturated/α-hetero) is 1. The minimum atomic E-state index is -1.15. The lowest BCUT2D eigenvalue weighted by atomic mass is 9.36. The largest absolute Gasteiger partial charge is 0.481 e. The molecule has 0 radical (unpaired) electrons. The van der Waals surface area contributed by atoms with Gasteiger partial charge in [0.1, 0.15) is 6.10 Å². The van der Waals surface area contributed by atoms with Crippen molar-refractivity contribution in [1.82, 2.24) is 4.90 Å². The molecule has 1 heterocycles. The minimum Gasteiger partial charge on any atom is -0.481 e. The average molecular weight is 695 g/mol. The van der Waals surface area contributed by atoms with Crippen LogP contribution < -0.4 is 5.73 Å². The van der Waals surface area contributed by atoms with Crippen LogP contribution in [-0.2, 0) is 23.9 Å². The molecule has 8 heteroatoms. The second-order valence-electron chi connectivity index (χ2n) is 19.8. The fourth-order valence-corrected chi connectivity index (χ4v) is 13.4. The molecule has 5 fully saturated rings. The summed E-state index contributed by atoms with van der Waals surface area (Å²) in [5.74, 6) is 1.13. The molecule has 1 saturated heterocycles. The van der Waals surface area contributed by atoms with Crippen LogP contribution in [-0.4, -0.2) is 59.4 Å². The van der Waals surface area contributed by atoms with Gasteiger partial charge in [0.05, 0.1) is 11.8 Å².